The Hall–Kier alpha value is -2.52. The molecule has 0 saturated carbocycles. The predicted molar refractivity (Wildman–Crippen MR) is 69.4 cm³/mol. The number of aromatic amines is 1. The van der Waals surface area contributed by atoms with Gasteiger partial charge < -0.3 is 4.98 Å². The Bertz CT molecular complexity index is 719. The van der Waals surface area contributed by atoms with Gasteiger partial charge in [-0.1, -0.05) is 18.2 Å². The van der Waals surface area contributed by atoms with Crippen molar-refractivity contribution in [2.45, 2.75) is 19.3 Å². The van der Waals surface area contributed by atoms with E-state index in [1.165, 1.54) is 10.9 Å². The summed E-state index contributed by atoms with van der Waals surface area (Å²) < 4.78 is 0. The van der Waals surface area contributed by atoms with Gasteiger partial charge in [-0.2, -0.15) is 10.5 Å². The molecule has 3 nitrogen and oxygen atoms in total. The largest absolute Gasteiger partial charge is 0.355 e. The number of benzene rings is 1. The Labute approximate surface area is 105 Å². The minimum atomic E-state index is 0.238. The zero-order chi connectivity index (χ0) is 12.5. The van der Waals surface area contributed by atoms with Crippen LogP contribution in [0.4, 0.5) is 0 Å². The van der Waals surface area contributed by atoms with Gasteiger partial charge in [-0.25, -0.2) is 0 Å². The second-order valence-corrected chi connectivity index (χ2v) is 4.45. The van der Waals surface area contributed by atoms with E-state index in [4.69, 9.17) is 10.5 Å². The van der Waals surface area contributed by atoms with Crippen LogP contribution in [0.5, 0.6) is 0 Å². The third-order valence-electron chi connectivity index (χ3n) is 3.49. The molecule has 0 saturated heterocycles. The van der Waals surface area contributed by atoms with Gasteiger partial charge in [0.1, 0.15) is 17.7 Å². The lowest BCUT2D eigenvalue weighted by Crippen LogP contribution is -2.02. The third kappa shape index (κ3) is 1.42. The number of hydrogen-bond donors (Lipinski definition) is 1. The SMILES string of the molecule is N#CC(C#N)=C1CCCc2c1[nH]c1ccccc21. The minimum absolute atomic E-state index is 0.238. The molecule has 18 heavy (non-hydrogen) atoms. The molecule has 3 heteroatoms. The number of nitrogens with zero attached hydrogens (tertiary/aromatic N) is 2. The zero-order valence-electron chi connectivity index (χ0n) is 9.83. The lowest BCUT2D eigenvalue weighted by atomic mass is 9.89. The van der Waals surface area contributed by atoms with Gasteiger partial charge >= 0.3 is 0 Å². The van der Waals surface area contributed by atoms with Crippen LogP contribution in [0.25, 0.3) is 16.5 Å². The van der Waals surface area contributed by atoms with Crippen LogP contribution in [0.1, 0.15) is 24.1 Å². The minimum Gasteiger partial charge on any atom is -0.355 e. The van der Waals surface area contributed by atoms with Gasteiger partial charge in [-0.05, 0) is 30.9 Å². The molecule has 0 fully saturated rings. The second kappa shape index (κ2) is 4.05. The topological polar surface area (TPSA) is 63.4 Å². The number of aromatic nitrogens is 1. The molecule has 0 bridgehead atoms. The van der Waals surface area contributed by atoms with Crippen LogP contribution in [-0.2, 0) is 6.42 Å². The van der Waals surface area contributed by atoms with Crippen molar-refractivity contribution < 1.29 is 0 Å². The van der Waals surface area contributed by atoms with Crippen LogP contribution in [0.3, 0.4) is 0 Å². The molecular formula is C15H11N3. The van der Waals surface area contributed by atoms with E-state index in [0.717, 1.165) is 36.0 Å². The normalized spacial score (nSPS) is 13.8. The Morgan fingerprint density at radius 2 is 1.89 bits per heavy atom. The molecule has 0 atom stereocenters. The molecule has 2 aromatic rings. The number of fused-ring (bicyclic) bond motifs is 3. The van der Waals surface area contributed by atoms with E-state index in [1.54, 1.807) is 0 Å². The van der Waals surface area contributed by atoms with Gasteiger partial charge in [0.05, 0.1) is 0 Å². The van der Waals surface area contributed by atoms with E-state index in [2.05, 4.69) is 11.1 Å². The standard InChI is InChI=1S/C15H11N3/c16-8-10(9-17)11-5-3-6-13-12-4-1-2-7-14(12)18-15(11)13/h1-2,4,7,18H,3,5-6H2. The maximum absolute atomic E-state index is 9.03. The average molecular weight is 233 g/mol. The first kappa shape index (κ1) is 10.6. The van der Waals surface area contributed by atoms with Crippen molar-refractivity contribution in [2.24, 2.45) is 0 Å². The summed E-state index contributed by atoms with van der Waals surface area (Å²) in [6, 6.07) is 12.1. The summed E-state index contributed by atoms with van der Waals surface area (Å²) in [4.78, 5) is 3.36. The highest BCUT2D eigenvalue weighted by atomic mass is 14.7. The highest BCUT2D eigenvalue weighted by molar-refractivity contribution is 5.91. The number of nitrogens with one attached hydrogen (secondary N) is 1. The monoisotopic (exact) mass is 233 g/mol. The van der Waals surface area contributed by atoms with Crippen molar-refractivity contribution in [3.8, 4) is 12.1 Å². The molecule has 1 N–H and O–H groups in total. The van der Waals surface area contributed by atoms with Gasteiger partial charge in [-0.15, -0.1) is 0 Å². The summed E-state index contributed by atoms with van der Waals surface area (Å²) in [6.07, 6.45) is 2.81. The molecule has 86 valence electrons. The molecular weight excluding hydrogens is 222 g/mol. The molecule has 1 heterocycles. The number of allylic oxidation sites excluding steroid dienone is 2. The van der Waals surface area contributed by atoms with E-state index in [0.29, 0.717) is 0 Å². The molecule has 1 aliphatic carbocycles. The van der Waals surface area contributed by atoms with Crippen molar-refractivity contribution in [2.75, 3.05) is 0 Å². The summed E-state index contributed by atoms with van der Waals surface area (Å²) in [5.41, 5.74) is 4.42. The number of para-hydroxylation sites is 1. The summed E-state index contributed by atoms with van der Waals surface area (Å²) in [7, 11) is 0. The zero-order valence-corrected chi connectivity index (χ0v) is 9.83. The van der Waals surface area contributed by atoms with Gasteiger partial charge in [0.15, 0.2) is 0 Å². The van der Waals surface area contributed by atoms with E-state index in [9.17, 15) is 0 Å². The Balaban J connectivity index is 2.34. The number of nitriles is 2. The van der Waals surface area contributed by atoms with Gasteiger partial charge in [-0.3, -0.25) is 0 Å². The second-order valence-electron chi connectivity index (χ2n) is 4.45. The smallest absolute Gasteiger partial charge is 0.134 e. The summed E-state index contributed by atoms with van der Waals surface area (Å²) in [5, 5.41) is 19.3. The van der Waals surface area contributed by atoms with Gasteiger partial charge in [0.2, 0.25) is 0 Å². The van der Waals surface area contributed by atoms with E-state index in [-0.39, 0.29) is 5.57 Å². The fraction of sp³-hybridized carbons (Fsp3) is 0.200. The molecule has 1 aromatic carbocycles. The van der Waals surface area contributed by atoms with Crippen molar-refractivity contribution in [1.29, 1.82) is 10.5 Å². The van der Waals surface area contributed by atoms with Crippen molar-refractivity contribution in [3.05, 3.63) is 41.1 Å². The third-order valence-corrected chi connectivity index (χ3v) is 3.49. The maximum atomic E-state index is 9.03. The highest BCUT2D eigenvalue weighted by Gasteiger charge is 2.21. The van der Waals surface area contributed by atoms with Crippen LogP contribution >= 0.6 is 0 Å². The molecule has 1 aromatic heterocycles. The fourth-order valence-corrected chi connectivity index (χ4v) is 2.69. The van der Waals surface area contributed by atoms with Crippen LogP contribution in [0.2, 0.25) is 0 Å². The molecule has 0 radical (unpaired) electrons. The summed E-state index contributed by atoms with van der Waals surface area (Å²) in [5.74, 6) is 0. The maximum Gasteiger partial charge on any atom is 0.134 e. The molecule has 1 aliphatic rings. The number of rotatable bonds is 0. The number of hydrogen-bond acceptors (Lipinski definition) is 2. The Morgan fingerprint density at radius 1 is 1.11 bits per heavy atom. The predicted octanol–water partition coefficient (Wildman–Crippen LogP) is 3.30. The van der Waals surface area contributed by atoms with Crippen LogP contribution in [-0.4, -0.2) is 4.98 Å². The van der Waals surface area contributed by atoms with Crippen molar-refractivity contribution in [1.82, 2.24) is 4.98 Å². The first-order valence-electron chi connectivity index (χ1n) is 5.98. The first-order chi connectivity index (χ1) is 8.85. The van der Waals surface area contributed by atoms with Crippen LogP contribution in [0, 0.1) is 22.7 Å². The lowest BCUT2D eigenvalue weighted by Gasteiger charge is -2.15. The Kier molecular flexibility index (Phi) is 2.39. The van der Waals surface area contributed by atoms with E-state index >= 15 is 0 Å². The lowest BCUT2D eigenvalue weighted by molar-refractivity contribution is 0.822. The molecule has 0 aliphatic heterocycles. The van der Waals surface area contributed by atoms with E-state index in [1.807, 2.05) is 30.3 Å². The number of H-pyrrole nitrogens is 1. The molecule has 0 amide bonds. The van der Waals surface area contributed by atoms with Crippen LogP contribution < -0.4 is 0 Å². The quantitative estimate of drug-likeness (QED) is 0.709. The van der Waals surface area contributed by atoms with E-state index < -0.39 is 0 Å². The summed E-state index contributed by atoms with van der Waals surface area (Å²) >= 11 is 0. The van der Waals surface area contributed by atoms with Crippen LogP contribution in [0.15, 0.2) is 29.8 Å². The highest BCUT2D eigenvalue weighted by Crippen LogP contribution is 2.36. The molecule has 0 spiro atoms. The first-order valence-corrected chi connectivity index (χ1v) is 5.98. The summed E-state index contributed by atoms with van der Waals surface area (Å²) in [6.45, 7) is 0. The molecule has 3 rings (SSSR count). The van der Waals surface area contributed by atoms with Gasteiger partial charge in [0, 0.05) is 22.2 Å². The molecule has 0 unspecified atom stereocenters. The Morgan fingerprint density at radius 3 is 2.67 bits per heavy atom. The fourth-order valence-electron chi connectivity index (χ4n) is 2.69. The average Bonchev–Trinajstić information content (AvgIpc) is 2.80. The van der Waals surface area contributed by atoms with Crippen molar-refractivity contribution in [3.63, 3.8) is 0 Å². The van der Waals surface area contributed by atoms with Gasteiger partial charge in [0.25, 0.3) is 0 Å². The number of aryl methyl sites for hydroxylation is 1. The van der Waals surface area contributed by atoms with Crippen molar-refractivity contribution >= 4 is 16.5 Å².